The highest BCUT2D eigenvalue weighted by Crippen LogP contribution is 2.20. The largest absolute Gasteiger partial charge is 0.465 e. The van der Waals surface area contributed by atoms with Crippen molar-refractivity contribution in [1.29, 1.82) is 0 Å². The average molecular weight is 298 g/mol. The van der Waals surface area contributed by atoms with Gasteiger partial charge in [0.05, 0.1) is 17.6 Å². The quantitative estimate of drug-likeness (QED) is 0.417. The monoisotopic (exact) mass is 298 g/mol. The van der Waals surface area contributed by atoms with Crippen molar-refractivity contribution >= 4 is 17.3 Å². The molecule has 0 unspecified atom stereocenters. The Labute approximate surface area is 124 Å². The molecule has 0 amide bonds. The molecule has 1 aromatic carbocycles. The first-order valence-electron chi connectivity index (χ1n) is 6.28. The van der Waals surface area contributed by atoms with Gasteiger partial charge in [-0.2, -0.15) is 0 Å². The summed E-state index contributed by atoms with van der Waals surface area (Å²) in [5, 5.41) is 14.9. The highest BCUT2D eigenvalue weighted by atomic mass is 16.6. The van der Waals surface area contributed by atoms with Crippen LogP contribution in [-0.4, -0.2) is 32.6 Å². The third kappa shape index (κ3) is 2.37. The summed E-state index contributed by atoms with van der Waals surface area (Å²) < 4.78 is 6.11. The fraction of sp³-hybridized carbons (Fsp3) is 0.0714. The molecule has 2 heterocycles. The summed E-state index contributed by atoms with van der Waals surface area (Å²) >= 11 is 0. The van der Waals surface area contributed by atoms with Gasteiger partial charge >= 0.3 is 5.97 Å². The lowest BCUT2D eigenvalue weighted by Crippen LogP contribution is -2.03. The van der Waals surface area contributed by atoms with Crippen LogP contribution in [0.5, 0.6) is 0 Å². The number of pyridine rings is 1. The second kappa shape index (κ2) is 5.24. The number of aromatic nitrogens is 3. The van der Waals surface area contributed by atoms with Gasteiger partial charge in [-0.25, -0.2) is 14.3 Å². The van der Waals surface area contributed by atoms with E-state index < -0.39 is 10.9 Å². The van der Waals surface area contributed by atoms with Crippen LogP contribution in [0.25, 0.3) is 17.0 Å². The van der Waals surface area contributed by atoms with Gasteiger partial charge in [0.1, 0.15) is 0 Å². The molecule has 0 saturated heterocycles. The summed E-state index contributed by atoms with van der Waals surface area (Å²) in [6.45, 7) is 0. The maximum atomic E-state index is 11.5. The van der Waals surface area contributed by atoms with Crippen LogP contribution in [-0.2, 0) is 4.74 Å². The lowest BCUT2D eigenvalue weighted by molar-refractivity contribution is -0.384. The molecule has 0 aliphatic carbocycles. The van der Waals surface area contributed by atoms with E-state index in [-0.39, 0.29) is 5.69 Å². The van der Waals surface area contributed by atoms with Crippen molar-refractivity contribution in [2.75, 3.05) is 7.11 Å². The minimum atomic E-state index is -0.469. The first-order chi connectivity index (χ1) is 10.6. The Morgan fingerprint density at radius 3 is 2.59 bits per heavy atom. The zero-order chi connectivity index (χ0) is 15.7. The van der Waals surface area contributed by atoms with Crippen LogP contribution in [0.3, 0.4) is 0 Å². The molecular weight excluding hydrogens is 288 g/mol. The van der Waals surface area contributed by atoms with Crippen molar-refractivity contribution in [3.8, 4) is 11.4 Å². The fourth-order valence-corrected chi connectivity index (χ4v) is 1.98. The molecule has 0 spiro atoms. The molecule has 2 aromatic heterocycles. The molecule has 0 aliphatic rings. The molecule has 0 fully saturated rings. The maximum absolute atomic E-state index is 11.5. The van der Waals surface area contributed by atoms with E-state index in [1.165, 1.54) is 30.0 Å². The third-order valence-electron chi connectivity index (χ3n) is 3.09. The predicted octanol–water partition coefficient (Wildman–Crippen LogP) is 2.09. The molecule has 0 aliphatic heterocycles. The molecule has 8 nitrogen and oxygen atoms in total. The van der Waals surface area contributed by atoms with Crippen LogP contribution < -0.4 is 0 Å². The number of ether oxygens (including phenoxy) is 1. The van der Waals surface area contributed by atoms with E-state index in [0.717, 1.165) is 0 Å². The predicted molar refractivity (Wildman–Crippen MR) is 76.4 cm³/mol. The van der Waals surface area contributed by atoms with E-state index in [9.17, 15) is 14.9 Å². The van der Waals surface area contributed by atoms with Crippen molar-refractivity contribution in [2.45, 2.75) is 0 Å². The number of benzene rings is 1. The van der Waals surface area contributed by atoms with Gasteiger partial charge in [-0.15, -0.1) is 5.10 Å². The second-order valence-electron chi connectivity index (χ2n) is 4.45. The highest BCUT2D eigenvalue weighted by Gasteiger charge is 2.11. The van der Waals surface area contributed by atoms with E-state index in [1.54, 1.807) is 24.3 Å². The van der Waals surface area contributed by atoms with Gasteiger partial charge in [-0.05, 0) is 24.3 Å². The van der Waals surface area contributed by atoms with E-state index in [0.29, 0.717) is 22.6 Å². The Kier molecular flexibility index (Phi) is 3.26. The lowest BCUT2D eigenvalue weighted by atomic mass is 10.2. The van der Waals surface area contributed by atoms with Gasteiger partial charge in [0.25, 0.3) is 5.69 Å². The minimum absolute atomic E-state index is 0.000455. The number of non-ortho nitro benzene ring substituents is 1. The Morgan fingerprint density at radius 2 is 1.95 bits per heavy atom. The molecule has 0 N–H and O–H groups in total. The van der Waals surface area contributed by atoms with Crippen LogP contribution in [0.2, 0.25) is 0 Å². The first-order valence-corrected chi connectivity index (χ1v) is 6.28. The number of nitro benzene ring substituents is 1. The summed E-state index contributed by atoms with van der Waals surface area (Å²) in [7, 11) is 1.30. The molecule has 3 aromatic rings. The molecule has 3 rings (SSSR count). The average Bonchev–Trinajstić information content (AvgIpc) is 2.97. The molecule has 22 heavy (non-hydrogen) atoms. The smallest absolute Gasteiger partial charge is 0.339 e. The van der Waals surface area contributed by atoms with Crippen molar-refractivity contribution in [2.24, 2.45) is 0 Å². The number of hydrogen-bond acceptors (Lipinski definition) is 6. The van der Waals surface area contributed by atoms with Gasteiger partial charge in [0, 0.05) is 23.9 Å². The van der Waals surface area contributed by atoms with Crippen molar-refractivity contribution in [1.82, 2.24) is 14.6 Å². The SMILES string of the molecule is COC(=O)c1ccc2nc(-c3ccc([N+](=O)[O-])cc3)nn2c1. The number of nitro groups is 1. The zero-order valence-electron chi connectivity index (χ0n) is 11.5. The van der Waals surface area contributed by atoms with Crippen LogP contribution in [0.1, 0.15) is 10.4 Å². The topological polar surface area (TPSA) is 99.6 Å². The Balaban J connectivity index is 2.01. The first kappa shape index (κ1) is 13.7. The molecule has 8 heteroatoms. The summed E-state index contributed by atoms with van der Waals surface area (Å²) in [6, 6.07) is 9.17. The number of rotatable bonds is 3. The molecule has 0 atom stereocenters. The van der Waals surface area contributed by atoms with E-state index in [1.807, 2.05) is 0 Å². The van der Waals surface area contributed by atoms with Crippen LogP contribution in [0, 0.1) is 10.1 Å². The maximum Gasteiger partial charge on any atom is 0.339 e. The summed E-state index contributed by atoms with van der Waals surface area (Å²) in [6.07, 6.45) is 1.52. The van der Waals surface area contributed by atoms with Crippen LogP contribution in [0.4, 0.5) is 5.69 Å². The molecular formula is C14H10N4O4. The molecule has 0 bridgehead atoms. The molecule has 110 valence electrons. The van der Waals surface area contributed by atoms with Crippen molar-refractivity contribution in [3.63, 3.8) is 0 Å². The summed E-state index contributed by atoms with van der Waals surface area (Å²) in [4.78, 5) is 26.0. The fourth-order valence-electron chi connectivity index (χ4n) is 1.98. The van der Waals surface area contributed by atoms with Crippen LogP contribution >= 0.6 is 0 Å². The Morgan fingerprint density at radius 1 is 1.23 bits per heavy atom. The van der Waals surface area contributed by atoms with Crippen molar-refractivity contribution in [3.05, 3.63) is 58.3 Å². The van der Waals surface area contributed by atoms with Gasteiger partial charge in [0.2, 0.25) is 0 Å². The van der Waals surface area contributed by atoms with Crippen molar-refractivity contribution < 1.29 is 14.5 Å². The van der Waals surface area contributed by atoms with Crippen LogP contribution in [0.15, 0.2) is 42.6 Å². The number of carbonyl (C=O) groups is 1. The normalized spacial score (nSPS) is 10.6. The summed E-state index contributed by atoms with van der Waals surface area (Å²) in [5.41, 5.74) is 1.56. The number of methoxy groups -OCH3 is 1. The van der Waals surface area contributed by atoms with Gasteiger partial charge < -0.3 is 4.74 Å². The lowest BCUT2D eigenvalue weighted by Gasteiger charge is -1.98. The number of hydrogen-bond donors (Lipinski definition) is 0. The van der Waals surface area contributed by atoms with E-state index in [4.69, 9.17) is 0 Å². The van der Waals surface area contributed by atoms with Gasteiger partial charge in [-0.3, -0.25) is 10.1 Å². The number of nitrogens with zero attached hydrogens (tertiary/aromatic N) is 4. The second-order valence-corrected chi connectivity index (χ2v) is 4.45. The molecule has 0 radical (unpaired) electrons. The van der Waals surface area contributed by atoms with Gasteiger partial charge in [0.15, 0.2) is 11.5 Å². The van der Waals surface area contributed by atoms with Gasteiger partial charge in [-0.1, -0.05) is 0 Å². The van der Waals surface area contributed by atoms with E-state index >= 15 is 0 Å². The third-order valence-corrected chi connectivity index (χ3v) is 3.09. The number of carbonyl (C=O) groups excluding carboxylic acids is 1. The molecule has 0 saturated carbocycles. The zero-order valence-corrected chi connectivity index (χ0v) is 11.5. The van der Waals surface area contributed by atoms with E-state index in [2.05, 4.69) is 14.8 Å². The Hall–Kier alpha value is -3.29. The Bertz CT molecular complexity index is 870. The minimum Gasteiger partial charge on any atom is -0.465 e. The number of fused-ring (bicyclic) bond motifs is 1. The standard InChI is InChI=1S/C14H10N4O4/c1-22-14(19)10-4-7-12-15-13(16-17(12)8-10)9-2-5-11(6-3-9)18(20)21/h2-8H,1H3. The highest BCUT2D eigenvalue weighted by molar-refractivity contribution is 5.89. The summed E-state index contributed by atoms with van der Waals surface area (Å²) in [5.74, 6) is -0.0498. The number of esters is 1.